The van der Waals surface area contributed by atoms with E-state index in [1.54, 1.807) is 19.3 Å². The van der Waals surface area contributed by atoms with Crippen LogP contribution in [-0.2, 0) is 14.3 Å². The number of hydrogen-bond acceptors (Lipinski definition) is 3. The Hall–Kier alpha value is -1.25. The second-order valence-electron chi connectivity index (χ2n) is 3.59. The maximum absolute atomic E-state index is 11.0. The van der Waals surface area contributed by atoms with E-state index < -0.39 is 0 Å². The first-order chi connectivity index (χ1) is 6.66. The number of esters is 1. The zero-order valence-electron chi connectivity index (χ0n) is 8.66. The molecule has 3 heteroatoms. The molecular formula is C11H16O3. The summed E-state index contributed by atoms with van der Waals surface area (Å²) in [6, 6.07) is 0. The van der Waals surface area contributed by atoms with Crippen LogP contribution in [0.5, 0.6) is 0 Å². The summed E-state index contributed by atoms with van der Waals surface area (Å²) in [6.07, 6.45) is 8.56. The Morgan fingerprint density at radius 3 is 3.07 bits per heavy atom. The topological polar surface area (TPSA) is 35.5 Å². The highest BCUT2D eigenvalue weighted by Crippen LogP contribution is 2.23. The van der Waals surface area contributed by atoms with Gasteiger partial charge in [0.15, 0.2) is 0 Å². The minimum atomic E-state index is -0.355. The van der Waals surface area contributed by atoms with E-state index >= 15 is 0 Å². The fraction of sp³-hybridized carbons (Fsp3) is 0.545. The van der Waals surface area contributed by atoms with Crippen LogP contribution in [-0.4, -0.2) is 18.2 Å². The van der Waals surface area contributed by atoms with Crippen LogP contribution in [0.3, 0.4) is 0 Å². The van der Waals surface area contributed by atoms with Crippen molar-refractivity contribution < 1.29 is 14.3 Å². The fourth-order valence-electron chi connectivity index (χ4n) is 1.24. The average molecular weight is 196 g/mol. The summed E-state index contributed by atoms with van der Waals surface area (Å²) in [5, 5.41) is 0. The van der Waals surface area contributed by atoms with Crippen molar-refractivity contribution in [2.24, 2.45) is 0 Å². The smallest absolute Gasteiger partial charge is 0.330 e. The molecule has 78 valence electrons. The summed E-state index contributed by atoms with van der Waals surface area (Å²) in [7, 11) is 0. The van der Waals surface area contributed by atoms with Crippen molar-refractivity contribution >= 4 is 5.97 Å². The Morgan fingerprint density at radius 2 is 2.50 bits per heavy atom. The van der Waals surface area contributed by atoms with Gasteiger partial charge in [-0.05, 0) is 32.8 Å². The van der Waals surface area contributed by atoms with Gasteiger partial charge in [-0.2, -0.15) is 0 Å². The highest BCUT2D eigenvalue weighted by Gasteiger charge is 2.27. The third kappa shape index (κ3) is 3.24. The molecule has 0 aromatic heterocycles. The minimum Gasteiger partial charge on any atom is -0.492 e. The van der Waals surface area contributed by atoms with Crippen molar-refractivity contribution in [1.82, 2.24) is 0 Å². The number of carbonyl (C=O) groups is 1. The van der Waals surface area contributed by atoms with Gasteiger partial charge >= 0.3 is 5.97 Å². The number of carbonyl (C=O) groups excluding carboxylic acids is 1. The van der Waals surface area contributed by atoms with Crippen molar-refractivity contribution in [3.05, 3.63) is 24.5 Å². The van der Waals surface area contributed by atoms with E-state index in [0.29, 0.717) is 6.61 Å². The third-order valence-corrected chi connectivity index (χ3v) is 2.11. The largest absolute Gasteiger partial charge is 0.492 e. The summed E-state index contributed by atoms with van der Waals surface area (Å²) in [5.41, 5.74) is -0.355. The standard InChI is InChI=1S/C11H16O3/c1-3-6-10(12)13-9-11(2)7-4-5-8-14-11/h3,5-6,8H,4,7,9H2,1-2H3. The molecule has 1 unspecified atom stereocenters. The molecule has 14 heavy (non-hydrogen) atoms. The Kier molecular flexibility index (Phi) is 3.74. The van der Waals surface area contributed by atoms with Crippen LogP contribution in [0.4, 0.5) is 0 Å². The van der Waals surface area contributed by atoms with Crippen LogP contribution in [0.2, 0.25) is 0 Å². The molecule has 0 N–H and O–H groups in total. The Morgan fingerprint density at radius 1 is 1.71 bits per heavy atom. The first kappa shape index (κ1) is 10.8. The van der Waals surface area contributed by atoms with Gasteiger partial charge in [0.2, 0.25) is 0 Å². The number of allylic oxidation sites excluding steroid dienone is 2. The lowest BCUT2D eigenvalue weighted by atomic mass is 9.99. The van der Waals surface area contributed by atoms with Crippen LogP contribution in [0.15, 0.2) is 24.5 Å². The molecule has 0 aromatic rings. The van der Waals surface area contributed by atoms with Gasteiger partial charge in [0.1, 0.15) is 12.2 Å². The van der Waals surface area contributed by atoms with Crippen molar-refractivity contribution in [3.8, 4) is 0 Å². The molecule has 1 rings (SSSR count). The Balaban J connectivity index is 2.36. The van der Waals surface area contributed by atoms with Crippen molar-refractivity contribution in [2.45, 2.75) is 32.3 Å². The molecule has 1 aliphatic heterocycles. The number of hydrogen-bond donors (Lipinski definition) is 0. The molecule has 1 heterocycles. The summed E-state index contributed by atoms with van der Waals surface area (Å²) in [5.74, 6) is -0.313. The van der Waals surface area contributed by atoms with Crippen LogP contribution < -0.4 is 0 Å². The lowest BCUT2D eigenvalue weighted by molar-refractivity contribution is -0.145. The Bertz CT molecular complexity index is 255. The molecule has 0 saturated carbocycles. The summed E-state index contributed by atoms with van der Waals surface area (Å²) < 4.78 is 10.5. The second kappa shape index (κ2) is 4.84. The van der Waals surface area contributed by atoms with Gasteiger partial charge in [-0.25, -0.2) is 4.79 Å². The number of rotatable bonds is 3. The van der Waals surface area contributed by atoms with E-state index in [1.807, 2.05) is 13.0 Å². The van der Waals surface area contributed by atoms with Crippen molar-refractivity contribution in [1.29, 1.82) is 0 Å². The normalized spacial score (nSPS) is 26.1. The molecule has 0 saturated heterocycles. The highest BCUT2D eigenvalue weighted by molar-refractivity contribution is 5.81. The monoisotopic (exact) mass is 196 g/mol. The molecule has 0 amide bonds. The predicted octanol–water partition coefficient (Wildman–Crippen LogP) is 2.19. The van der Waals surface area contributed by atoms with Gasteiger partial charge in [-0.15, -0.1) is 0 Å². The molecule has 1 aliphatic rings. The predicted molar refractivity (Wildman–Crippen MR) is 53.6 cm³/mol. The van der Waals surface area contributed by atoms with Crippen LogP contribution in [0.1, 0.15) is 26.7 Å². The molecule has 0 bridgehead atoms. The quantitative estimate of drug-likeness (QED) is 0.512. The van der Waals surface area contributed by atoms with Gasteiger partial charge in [-0.1, -0.05) is 6.08 Å². The number of ether oxygens (including phenoxy) is 2. The van der Waals surface area contributed by atoms with Gasteiger partial charge in [-0.3, -0.25) is 0 Å². The second-order valence-corrected chi connectivity index (χ2v) is 3.59. The zero-order chi connectivity index (χ0) is 10.4. The van der Waals surface area contributed by atoms with E-state index in [2.05, 4.69) is 0 Å². The Labute approximate surface area is 84.4 Å². The van der Waals surface area contributed by atoms with Crippen molar-refractivity contribution in [3.63, 3.8) is 0 Å². The molecule has 0 aliphatic carbocycles. The van der Waals surface area contributed by atoms with E-state index in [-0.39, 0.29) is 11.6 Å². The van der Waals surface area contributed by atoms with Crippen LogP contribution >= 0.6 is 0 Å². The average Bonchev–Trinajstić information content (AvgIpc) is 2.17. The lowest BCUT2D eigenvalue weighted by Gasteiger charge is -2.30. The molecule has 0 aromatic carbocycles. The molecule has 0 fully saturated rings. The maximum atomic E-state index is 11.0. The SMILES string of the molecule is CC=CC(=O)OCC1(C)CCC=CO1. The third-order valence-electron chi connectivity index (χ3n) is 2.11. The van der Waals surface area contributed by atoms with Crippen LogP contribution in [0.25, 0.3) is 0 Å². The summed E-state index contributed by atoms with van der Waals surface area (Å²) >= 11 is 0. The maximum Gasteiger partial charge on any atom is 0.330 e. The van der Waals surface area contributed by atoms with Crippen LogP contribution in [0, 0.1) is 0 Å². The van der Waals surface area contributed by atoms with Gasteiger partial charge in [0, 0.05) is 6.08 Å². The van der Waals surface area contributed by atoms with E-state index in [1.165, 1.54) is 6.08 Å². The zero-order valence-corrected chi connectivity index (χ0v) is 8.66. The highest BCUT2D eigenvalue weighted by atomic mass is 16.6. The van der Waals surface area contributed by atoms with E-state index in [0.717, 1.165) is 12.8 Å². The first-order valence-corrected chi connectivity index (χ1v) is 4.78. The van der Waals surface area contributed by atoms with E-state index in [9.17, 15) is 4.79 Å². The van der Waals surface area contributed by atoms with E-state index in [4.69, 9.17) is 9.47 Å². The molecule has 0 radical (unpaired) electrons. The minimum absolute atomic E-state index is 0.306. The summed E-state index contributed by atoms with van der Waals surface area (Å²) in [4.78, 5) is 11.0. The van der Waals surface area contributed by atoms with Gasteiger partial charge in [0.25, 0.3) is 0 Å². The first-order valence-electron chi connectivity index (χ1n) is 4.78. The van der Waals surface area contributed by atoms with Gasteiger partial charge in [0.05, 0.1) is 6.26 Å². The molecule has 3 nitrogen and oxygen atoms in total. The molecule has 1 atom stereocenters. The van der Waals surface area contributed by atoms with Gasteiger partial charge < -0.3 is 9.47 Å². The molecular weight excluding hydrogens is 180 g/mol. The molecule has 0 spiro atoms. The van der Waals surface area contributed by atoms with Crippen molar-refractivity contribution in [2.75, 3.05) is 6.61 Å². The summed E-state index contributed by atoms with van der Waals surface area (Å²) in [6.45, 7) is 4.03. The lowest BCUT2D eigenvalue weighted by Crippen LogP contribution is -2.35. The fourth-order valence-corrected chi connectivity index (χ4v) is 1.24.